The van der Waals surface area contributed by atoms with E-state index in [0.29, 0.717) is 10.0 Å². The van der Waals surface area contributed by atoms with Crippen molar-refractivity contribution < 1.29 is 16.8 Å². The Labute approximate surface area is 169 Å². The summed E-state index contributed by atoms with van der Waals surface area (Å²) in [5, 5.41) is 0.880. The normalized spacial score (nSPS) is 15.2. The van der Waals surface area contributed by atoms with E-state index in [0.717, 1.165) is 12.8 Å². The Hall–Kier alpha value is -1.16. The first kappa shape index (κ1) is 20.6. The average Bonchev–Trinajstić information content (AvgIpc) is 3.44. The second kappa shape index (κ2) is 8.06. The first-order valence-corrected chi connectivity index (χ1v) is 11.9. The lowest BCUT2D eigenvalue weighted by atomic mass is 10.4. The van der Waals surface area contributed by atoms with Crippen LogP contribution < -0.4 is 4.72 Å². The molecular weight excluding hydrogens is 431 g/mol. The van der Waals surface area contributed by atoms with Gasteiger partial charge in [-0.15, -0.1) is 0 Å². The number of benzene rings is 2. The van der Waals surface area contributed by atoms with Gasteiger partial charge in [0.2, 0.25) is 20.0 Å². The molecule has 1 aliphatic rings. The van der Waals surface area contributed by atoms with E-state index in [9.17, 15) is 16.8 Å². The maximum absolute atomic E-state index is 12.9. The van der Waals surface area contributed by atoms with E-state index >= 15 is 0 Å². The molecule has 27 heavy (non-hydrogen) atoms. The highest BCUT2D eigenvalue weighted by molar-refractivity contribution is 7.89. The van der Waals surface area contributed by atoms with Gasteiger partial charge in [-0.05, 0) is 61.4 Å². The van der Waals surface area contributed by atoms with Gasteiger partial charge in [0.1, 0.15) is 0 Å². The lowest BCUT2D eigenvalue weighted by Gasteiger charge is -2.22. The van der Waals surface area contributed by atoms with Crippen LogP contribution in [0.5, 0.6) is 0 Å². The minimum Gasteiger partial charge on any atom is -0.210 e. The van der Waals surface area contributed by atoms with Gasteiger partial charge in [-0.1, -0.05) is 23.2 Å². The van der Waals surface area contributed by atoms with E-state index in [1.807, 2.05) is 0 Å². The second-order valence-corrected chi connectivity index (χ2v) is 10.7. The number of hydrogen-bond donors (Lipinski definition) is 1. The minimum absolute atomic E-state index is 0.0335. The minimum atomic E-state index is -3.74. The summed E-state index contributed by atoms with van der Waals surface area (Å²) in [6.07, 6.45) is 1.52. The van der Waals surface area contributed by atoms with Gasteiger partial charge in [0.25, 0.3) is 0 Å². The SMILES string of the molecule is O=S(=O)(NCCN(C1CC1)S(=O)(=O)c1ccc(Cl)cc1)c1ccc(Cl)cc1. The van der Waals surface area contributed by atoms with Crippen molar-refractivity contribution >= 4 is 43.2 Å². The highest BCUT2D eigenvalue weighted by atomic mass is 35.5. The van der Waals surface area contributed by atoms with Crippen LogP contribution >= 0.6 is 23.2 Å². The number of sulfonamides is 2. The van der Waals surface area contributed by atoms with E-state index in [2.05, 4.69) is 4.72 Å². The molecule has 0 radical (unpaired) electrons. The molecule has 0 aliphatic heterocycles. The molecule has 0 bridgehead atoms. The van der Waals surface area contributed by atoms with E-state index in [1.54, 1.807) is 0 Å². The Morgan fingerprint density at radius 2 is 1.33 bits per heavy atom. The molecule has 0 aromatic heterocycles. The van der Waals surface area contributed by atoms with Gasteiger partial charge in [0.15, 0.2) is 0 Å². The summed E-state index contributed by atoms with van der Waals surface area (Å²) in [7, 11) is -7.46. The van der Waals surface area contributed by atoms with E-state index in [4.69, 9.17) is 23.2 Å². The Bertz CT molecular complexity index is 1000. The van der Waals surface area contributed by atoms with Crippen molar-refractivity contribution in [2.75, 3.05) is 13.1 Å². The van der Waals surface area contributed by atoms with E-state index in [1.165, 1.54) is 52.8 Å². The van der Waals surface area contributed by atoms with Crippen molar-refractivity contribution in [2.24, 2.45) is 0 Å². The molecule has 0 spiro atoms. The van der Waals surface area contributed by atoms with Crippen LogP contribution in [0.15, 0.2) is 58.3 Å². The highest BCUT2D eigenvalue weighted by Crippen LogP contribution is 2.32. The Balaban J connectivity index is 1.70. The summed E-state index contributed by atoms with van der Waals surface area (Å²) in [6, 6.07) is 11.6. The lowest BCUT2D eigenvalue weighted by Crippen LogP contribution is -2.39. The van der Waals surface area contributed by atoms with Crippen LogP contribution in [0.4, 0.5) is 0 Å². The van der Waals surface area contributed by atoms with Crippen LogP contribution in [0.25, 0.3) is 0 Å². The van der Waals surface area contributed by atoms with Gasteiger partial charge >= 0.3 is 0 Å². The quantitative estimate of drug-likeness (QED) is 0.671. The third kappa shape index (κ3) is 5.01. The van der Waals surface area contributed by atoms with Crippen molar-refractivity contribution in [3.8, 4) is 0 Å². The van der Waals surface area contributed by atoms with Crippen molar-refractivity contribution in [1.82, 2.24) is 9.03 Å². The Morgan fingerprint density at radius 3 is 1.81 bits per heavy atom. The highest BCUT2D eigenvalue weighted by Gasteiger charge is 2.37. The molecule has 1 fully saturated rings. The molecule has 3 rings (SSSR count). The van der Waals surface area contributed by atoms with E-state index in [-0.39, 0.29) is 28.9 Å². The number of nitrogens with zero attached hydrogens (tertiary/aromatic N) is 1. The Morgan fingerprint density at radius 1 is 0.852 bits per heavy atom. The first-order valence-electron chi connectivity index (χ1n) is 8.23. The van der Waals surface area contributed by atoms with Gasteiger partial charge in [-0.2, -0.15) is 4.31 Å². The van der Waals surface area contributed by atoms with Crippen molar-refractivity contribution in [3.63, 3.8) is 0 Å². The fourth-order valence-corrected chi connectivity index (χ4v) is 5.55. The summed E-state index contributed by atoms with van der Waals surface area (Å²) < 4.78 is 54.2. The standard InChI is InChI=1S/C17H18Cl2N2O4S2/c18-13-1-7-16(8-2-13)26(22,23)20-11-12-21(15-5-6-15)27(24,25)17-9-3-14(19)4-10-17/h1-4,7-10,15,20H,5-6,11-12H2. The van der Waals surface area contributed by atoms with Crippen LogP contribution in [0.3, 0.4) is 0 Å². The zero-order valence-electron chi connectivity index (χ0n) is 14.2. The molecule has 1 aliphatic carbocycles. The van der Waals surface area contributed by atoms with E-state index < -0.39 is 20.0 Å². The topological polar surface area (TPSA) is 83.6 Å². The van der Waals surface area contributed by atoms with Gasteiger partial charge in [-0.3, -0.25) is 0 Å². The van der Waals surface area contributed by atoms with Crippen molar-refractivity contribution in [3.05, 3.63) is 58.6 Å². The number of hydrogen-bond acceptors (Lipinski definition) is 4. The molecule has 0 amide bonds. The van der Waals surface area contributed by atoms with Gasteiger partial charge in [0, 0.05) is 29.2 Å². The smallest absolute Gasteiger partial charge is 0.210 e. The van der Waals surface area contributed by atoms with Gasteiger partial charge in [0.05, 0.1) is 9.79 Å². The first-order chi connectivity index (χ1) is 12.7. The molecule has 10 heteroatoms. The summed E-state index contributed by atoms with van der Waals surface area (Å²) in [5.41, 5.74) is 0. The van der Waals surface area contributed by atoms with Gasteiger partial charge < -0.3 is 0 Å². The van der Waals surface area contributed by atoms with Gasteiger partial charge in [-0.25, -0.2) is 21.6 Å². The predicted molar refractivity (Wildman–Crippen MR) is 105 cm³/mol. The number of rotatable bonds is 8. The molecule has 0 saturated heterocycles. The molecule has 0 heterocycles. The molecule has 146 valence electrons. The second-order valence-electron chi connectivity index (χ2n) is 6.15. The third-order valence-electron chi connectivity index (χ3n) is 4.12. The number of halogens is 2. The summed E-state index contributed by atoms with van der Waals surface area (Å²) in [4.78, 5) is 0.213. The molecule has 2 aromatic rings. The Kier molecular flexibility index (Phi) is 6.14. The molecule has 0 atom stereocenters. The molecule has 2 aromatic carbocycles. The van der Waals surface area contributed by atoms with Crippen LogP contribution in [0.2, 0.25) is 10.0 Å². The fraction of sp³-hybridized carbons (Fsp3) is 0.294. The third-order valence-corrected chi connectivity index (χ3v) is 8.07. The van der Waals surface area contributed by atoms with Crippen molar-refractivity contribution in [2.45, 2.75) is 28.7 Å². The lowest BCUT2D eigenvalue weighted by molar-refractivity contribution is 0.406. The van der Waals surface area contributed by atoms with Crippen LogP contribution in [-0.4, -0.2) is 40.3 Å². The van der Waals surface area contributed by atoms with Crippen molar-refractivity contribution in [1.29, 1.82) is 0 Å². The number of nitrogens with one attached hydrogen (secondary N) is 1. The molecular formula is C17H18Cl2N2O4S2. The fourth-order valence-electron chi connectivity index (χ4n) is 2.59. The molecule has 6 nitrogen and oxygen atoms in total. The van der Waals surface area contributed by atoms with Crippen LogP contribution in [0, 0.1) is 0 Å². The zero-order valence-corrected chi connectivity index (χ0v) is 17.3. The maximum atomic E-state index is 12.9. The van der Waals surface area contributed by atoms with Crippen LogP contribution in [0.1, 0.15) is 12.8 Å². The largest absolute Gasteiger partial charge is 0.243 e. The summed E-state index contributed by atoms with van der Waals surface area (Å²) >= 11 is 11.6. The molecule has 1 saturated carbocycles. The zero-order chi connectivity index (χ0) is 19.7. The predicted octanol–water partition coefficient (Wildman–Crippen LogP) is 3.13. The van der Waals surface area contributed by atoms with Crippen LogP contribution in [-0.2, 0) is 20.0 Å². The average molecular weight is 449 g/mol. The molecule has 1 N–H and O–H groups in total. The monoisotopic (exact) mass is 448 g/mol. The summed E-state index contributed by atoms with van der Waals surface area (Å²) in [6.45, 7) is 0.0106. The summed E-state index contributed by atoms with van der Waals surface area (Å²) in [5.74, 6) is 0. The molecule has 0 unspecified atom stereocenters. The maximum Gasteiger partial charge on any atom is 0.243 e.